The third-order valence-corrected chi connectivity index (χ3v) is 7.83. The molecular formula is C29H31NO6. The summed E-state index contributed by atoms with van der Waals surface area (Å²) in [7, 11) is 4.80. The van der Waals surface area contributed by atoms with Gasteiger partial charge in [0.25, 0.3) is 0 Å². The van der Waals surface area contributed by atoms with Crippen LogP contribution in [-0.2, 0) is 15.8 Å². The Kier molecular flexibility index (Phi) is 5.83. The molecular weight excluding hydrogens is 458 g/mol. The van der Waals surface area contributed by atoms with Crippen LogP contribution in [0.3, 0.4) is 0 Å². The number of ether oxygens (including phenoxy) is 4. The third kappa shape index (κ3) is 3.19. The van der Waals surface area contributed by atoms with Crippen LogP contribution in [0, 0.1) is 0 Å². The van der Waals surface area contributed by atoms with E-state index in [1.54, 1.807) is 27.4 Å². The van der Waals surface area contributed by atoms with E-state index in [0.717, 1.165) is 16.7 Å². The van der Waals surface area contributed by atoms with E-state index in [-0.39, 0.29) is 5.91 Å². The molecule has 0 spiro atoms. The van der Waals surface area contributed by atoms with Gasteiger partial charge in [0.2, 0.25) is 5.91 Å². The van der Waals surface area contributed by atoms with Gasteiger partial charge in [0.15, 0.2) is 5.60 Å². The van der Waals surface area contributed by atoms with Crippen molar-refractivity contribution in [2.24, 2.45) is 0 Å². The number of aliphatic hydroxyl groups excluding tert-OH is 1. The van der Waals surface area contributed by atoms with Crippen molar-refractivity contribution in [2.75, 3.05) is 21.3 Å². The number of aliphatic hydroxyl groups is 1. The molecule has 1 aliphatic carbocycles. The lowest BCUT2D eigenvalue weighted by atomic mass is 9.64. The summed E-state index contributed by atoms with van der Waals surface area (Å²) in [6.07, 6.45) is -1.00. The molecule has 0 saturated heterocycles. The van der Waals surface area contributed by atoms with Crippen LogP contribution in [0.4, 0.5) is 0 Å². The Morgan fingerprint density at radius 3 is 2.19 bits per heavy atom. The van der Waals surface area contributed by atoms with E-state index in [2.05, 4.69) is 5.32 Å². The number of hydrogen-bond donors (Lipinski definition) is 2. The molecule has 2 aliphatic rings. The van der Waals surface area contributed by atoms with Crippen LogP contribution in [0.15, 0.2) is 66.7 Å². The Morgan fingerprint density at radius 2 is 1.61 bits per heavy atom. The molecule has 0 aromatic heterocycles. The third-order valence-electron chi connectivity index (χ3n) is 7.83. The second-order valence-electron chi connectivity index (χ2n) is 9.53. The van der Waals surface area contributed by atoms with Crippen molar-refractivity contribution in [3.63, 3.8) is 0 Å². The summed E-state index contributed by atoms with van der Waals surface area (Å²) in [5, 5.41) is 15.2. The summed E-state index contributed by atoms with van der Waals surface area (Å²) in [5.74, 6) is 1.76. The van der Waals surface area contributed by atoms with Crippen LogP contribution in [0.1, 0.15) is 36.5 Å². The maximum absolute atomic E-state index is 12.4. The lowest BCUT2D eigenvalue weighted by Crippen LogP contribution is -2.50. The minimum atomic E-state index is -1.09. The van der Waals surface area contributed by atoms with E-state index >= 15 is 0 Å². The fourth-order valence-electron chi connectivity index (χ4n) is 6.33. The Hall–Kier alpha value is -3.71. The van der Waals surface area contributed by atoms with Gasteiger partial charge in [0, 0.05) is 24.6 Å². The van der Waals surface area contributed by atoms with Crippen molar-refractivity contribution in [3.8, 4) is 23.0 Å². The van der Waals surface area contributed by atoms with Crippen LogP contribution in [0.2, 0.25) is 0 Å². The molecule has 1 amide bonds. The molecule has 0 bridgehead atoms. The number of carbonyl (C=O) groups excluding carboxylic acids is 1. The monoisotopic (exact) mass is 489 g/mol. The number of methoxy groups -OCH3 is 3. The highest BCUT2D eigenvalue weighted by Crippen LogP contribution is 2.69. The van der Waals surface area contributed by atoms with Crippen LogP contribution in [0.5, 0.6) is 23.0 Å². The number of fused-ring (bicyclic) bond motifs is 3. The second kappa shape index (κ2) is 8.75. The molecule has 1 fully saturated rings. The molecule has 1 heterocycles. The van der Waals surface area contributed by atoms with Gasteiger partial charge < -0.3 is 29.4 Å². The number of amides is 1. The van der Waals surface area contributed by atoms with Crippen molar-refractivity contribution in [1.29, 1.82) is 0 Å². The largest absolute Gasteiger partial charge is 0.497 e. The Bertz CT molecular complexity index is 1280. The average Bonchev–Trinajstić information content (AvgIpc) is 3.26. The van der Waals surface area contributed by atoms with Gasteiger partial charge in [-0.3, -0.25) is 4.79 Å². The zero-order valence-electron chi connectivity index (χ0n) is 21.1. The molecule has 5 atom stereocenters. The van der Waals surface area contributed by atoms with Crippen molar-refractivity contribution < 1.29 is 28.8 Å². The van der Waals surface area contributed by atoms with Gasteiger partial charge in [0.1, 0.15) is 23.0 Å². The summed E-state index contributed by atoms with van der Waals surface area (Å²) >= 11 is 0. The molecule has 1 aliphatic heterocycles. The van der Waals surface area contributed by atoms with E-state index in [0.29, 0.717) is 23.0 Å². The van der Waals surface area contributed by atoms with Crippen molar-refractivity contribution >= 4 is 5.91 Å². The van der Waals surface area contributed by atoms with Gasteiger partial charge in [-0.2, -0.15) is 0 Å². The first kappa shape index (κ1) is 24.0. The number of nitrogens with one attached hydrogen (secondary N) is 1. The summed E-state index contributed by atoms with van der Waals surface area (Å²) < 4.78 is 23.8. The number of rotatable bonds is 6. The standard InChI is InChI=1S/C29H31NO6/c1-17(31)30-26-24(18-9-7-6-8-10-18)29(19-11-13-20(33-3)14-12-19)28(2,27(26)32)25-22(35-5)15-21(34-4)16-23(25)36-29/h6-16,24,26-27,32H,1-5H3,(H,30,31)/t24-,26-,27-,28-,29+/m1/s1. The zero-order valence-corrected chi connectivity index (χ0v) is 21.1. The van der Waals surface area contributed by atoms with E-state index < -0.39 is 29.1 Å². The SMILES string of the molecule is COc1ccc([C@@]23Oc4cc(OC)cc(OC)c4[C@]2(C)[C@H](O)[C@H](NC(C)=O)[C@H]3c2ccccc2)cc1. The molecule has 3 aromatic rings. The summed E-state index contributed by atoms with van der Waals surface area (Å²) in [6, 6.07) is 20.6. The van der Waals surface area contributed by atoms with E-state index in [9.17, 15) is 9.90 Å². The van der Waals surface area contributed by atoms with Crippen molar-refractivity contribution in [3.05, 3.63) is 83.4 Å². The lowest BCUT2D eigenvalue weighted by Gasteiger charge is -2.42. The zero-order chi connectivity index (χ0) is 25.7. The first-order valence-corrected chi connectivity index (χ1v) is 11.9. The fourth-order valence-corrected chi connectivity index (χ4v) is 6.33. The highest BCUT2D eigenvalue weighted by molar-refractivity contribution is 5.74. The molecule has 0 radical (unpaired) electrons. The maximum Gasteiger partial charge on any atom is 0.217 e. The van der Waals surface area contributed by atoms with E-state index in [1.807, 2.05) is 67.6 Å². The fraction of sp³-hybridized carbons (Fsp3) is 0.345. The first-order valence-electron chi connectivity index (χ1n) is 11.9. The van der Waals surface area contributed by atoms with Crippen molar-refractivity contribution in [2.45, 2.75) is 42.9 Å². The van der Waals surface area contributed by atoms with Crippen LogP contribution < -0.4 is 24.3 Å². The Morgan fingerprint density at radius 1 is 0.944 bits per heavy atom. The van der Waals surface area contributed by atoms with Crippen LogP contribution in [-0.4, -0.2) is 44.5 Å². The van der Waals surface area contributed by atoms with E-state index in [4.69, 9.17) is 18.9 Å². The summed E-state index contributed by atoms with van der Waals surface area (Å²) in [5.41, 5.74) is 0.442. The predicted octanol–water partition coefficient (Wildman–Crippen LogP) is 3.92. The summed E-state index contributed by atoms with van der Waals surface area (Å²) in [4.78, 5) is 12.4. The van der Waals surface area contributed by atoms with Crippen LogP contribution in [0.25, 0.3) is 0 Å². The first-order chi connectivity index (χ1) is 17.3. The second-order valence-corrected chi connectivity index (χ2v) is 9.53. The quantitative estimate of drug-likeness (QED) is 0.546. The highest BCUT2D eigenvalue weighted by atomic mass is 16.5. The molecule has 1 saturated carbocycles. The lowest BCUT2D eigenvalue weighted by molar-refractivity contribution is -0.120. The van der Waals surface area contributed by atoms with Gasteiger partial charge in [-0.25, -0.2) is 0 Å². The molecule has 5 rings (SSSR count). The minimum absolute atomic E-state index is 0.227. The van der Waals surface area contributed by atoms with Gasteiger partial charge in [0.05, 0.1) is 44.8 Å². The van der Waals surface area contributed by atoms with E-state index in [1.165, 1.54) is 6.92 Å². The molecule has 0 unspecified atom stereocenters. The molecule has 188 valence electrons. The Balaban J connectivity index is 1.86. The molecule has 7 nitrogen and oxygen atoms in total. The van der Waals surface area contributed by atoms with Gasteiger partial charge >= 0.3 is 0 Å². The maximum atomic E-state index is 12.4. The molecule has 36 heavy (non-hydrogen) atoms. The molecule has 3 aromatic carbocycles. The smallest absolute Gasteiger partial charge is 0.217 e. The number of hydrogen-bond acceptors (Lipinski definition) is 6. The van der Waals surface area contributed by atoms with Gasteiger partial charge in [-0.05, 0) is 30.2 Å². The predicted molar refractivity (Wildman–Crippen MR) is 135 cm³/mol. The topological polar surface area (TPSA) is 86.2 Å². The number of benzene rings is 3. The normalized spacial score (nSPS) is 28.0. The van der Waals surface area contributed by atoms with Crippen molar-refractivity contribution in [1.82, 2.24) is 5.32 Å². The van der Waals surface area contributed by atoms with Gasteiger partial charge in [-0.15, -0.1) is 0 Å². The average molecular weight is 490 g/mol. The molecule has 2 N–H and O–H groups in total. The highest BCUT2D eigenvalue weighted by Gasteiger charge is 2.75. The Labute approximate surface area is 211 Å². The number of carbonyl (C=O) groups is 1. The van der Waals surface area contributed by atoms with Gasteiger partial charge in [-0.1, -0.05) is 42.5 Å². The minimum Gasteiger partial charge on any atom is -0.497 e. The summed E-state index contributed by atoms with van der Waals surface area (Å²) in [6.45, 7) is 3.45. The molecule has 7 heteroatoms. The van der Waals surface area contributed by atoms with Crippen LogP contribution >= 0.6 is 0 Å².